The van der Waals surface area contributed by atoms with Gasteiger partial charge in [0, 0.05) is 12.5 Å². The van der Waals surface area contributed by atoms with Gasteiger partial charge in [0.2, 0.25) is 0 Å². The van der Waals surface area contributed by atoms with Crippen molar-refractivity contribution in [3.63, 3.8) is 0 Å². The highest BCUT2D eigenvalue weighted by Gasteiger charge is 2.16. The fraction of sp³-hybridized carbons (Fsp3) is 0.462. The van der Waals surface area contributed by atoms with Crippen LogP contribution in [-0.4, -0.2) is 22.6 Å². The predicted molar refractivity (Wildman–Crippen MR) is 65.6 cm³/mol. The molecular formula is C13H17N3. The van der Waals surface area contributed by atoms with E-state index in [2.05, 4.69) is 40.4 Å². The standard InChI is InChI=1S/C13H17N3/c1-9-4-5-11-12(7-9)16-13(15-11)8-10-3-2-6-14-10/h4-5,7,10,14H,2-3,6,8H2,1H3,(H,15,16). The number of nitrogens with one attached hydrogen (secondary N) is 2. The summed E-state index contributed by atoms with van der Waals surface area (Å²) >= 11 is 0. The Morgan fingerprint density at radius 1 is 1.44 bits per heavy atom. The van der Waals surface area contributed by atoms with Gasteiger partial charge in [-0.05, 0) is 44.0 Å². The van der Waals surface area contributed by atoms with Gasteiger partial charge in [0.05, 0.1) is 11.0 Å². The molecule has 0 radical (unpaired) electrons. The van der Waals surface area contributed by atoms with Gasteiger partial charge in [0.15, 0.2) is 0 Å². The molecule has 1 saturated heterocycles. The summed E-state index contributed by atoms with van der Waals surface area (Å²) in [5.74, 6) is 1.11. The Morgan fingerprint density at radius 2 is 2.38 bits per heavy atom. The van der Waals surface area contributed by atoms with Gasteiger partial charge in [-0.25, -0.2) is 4.98 Å². The fourth-order valence-electron chi connectivity index (χ4n) is 2.44. The van der Waals surface area contributed by atoms with Crippen LogP contribution in [0.25, 0.3) is 11.0 Å². The molecule has 0 saturated carbocycles. The van der Waals surface area contributed by atoms with Crippen LogP contribution in [0, 0.1) is 6.92 Å². The number of aryl methyl sites for hydroxylation is 1. The number of rotatable bonds is 2. The zero-order chi connectivity index (χ0) is 11.0. The van der Waals surface area contributed by atoms with Crippen molar-refractivity contribution in [3.8, 4) is 0 Å². The third-order valence-electron chi connectivity index (χ3n) is 3.29. The highest BCUT2D eigenvalue weighted by molar-refractivity contribution is 5.75. The Balaban J connectivity index is 1.86. The second-order valence-corrected chi connectivity index (χ2v) is 4.70. The maximum absolute atomic E-state index is 4.62. The van der Waals surface area contributed by atoms with Gasteiger partial charge < -0.3 is 10.3 Å². The van der Waals surface area contributed by atoms with Gasteiger partial charge in [-0.2, -0.15) is 0 Å². The Morgan fingerprint density at radius 3 is 3.19 bits per heavy atom. The van der Waals surface area contributed by atoms with Crippen molar-refractivity contribution in [1.29, 1.82) is 0 Å². The molecule has 0 spiro atoms. The highest BCUT2D eigenvalue weighted by atomic mass is 15.0. The van der Waals surface area contributed by atoms with Crippen LogP contribution in [0.15, 0.2) is 18.2 Å². The number of fused-ring (bicyclic) bond motifs is 1. The van der Waals surface area contributed by atoms with Crippen molar-refractivity contribution >= 4 is 11.0 Å². The second-order valence-electron chi connectivity index (χ2n) is 4.70. The van der Waals surface area contributed by atoms with Crippen LogP contribution in [0.3, 0.4) is 0 Å². The lowest BCUT2D eigenvalue weighted by molar-refractivity contribution is 0.589. The lowest BCUT2D eigenvalue weighted by Crippen LogP contribution is -2.24. The first-order valence-corrected chi connectivity index (χ1v) is 6.00. The number of hydrogen-bond acceptors (Lipinski definition) is 2. The molecule has 0 aliphatic carbocycles. The molecule has 2 heterocycles. The van der Waals surface area contributed by atoms with Gasteiger partial charge in [-0.1, -0.05) is 6.07 Å². The molecule has 1 unspecified atom stereocenters. The lowest BCUT2D eigenvalue weighted by Gasteiger charge is -2.06. The topological polar surface area (TPSA) is 40.7 Å². The summed E-state index contributed by atoms with van der Waals surface area (Å²) in [6.45, 7) is 3.27. The number of hydrogen-bond donors (Lipinski definition) is 2. The maximum Gasteiger partial charge on any atom is 0.108 e. The molecule has 2 N–H and O–H groups in total. The average molecular weight is 215 g/mol. The summed E-state index contributed by atoms with van der Waals surface area (Å²) in [6.07, 6.45) is 3.59. The van der Waals surface area contributed by atoms with Crippen molar-refractivity contribution < 1.29 is 0 Å². The Kier molecular flexibility index (Phi) is 2.40. The molecular weight excluding hydrogens is 198 g/mol. The Hall–Kier alpha value is -1.35. The van der Waals surface area contributed by atoms with Crippen LogP contribution in [0.2, 0.25) is 0 Å². The number of benzene rings is 1. The lowest BCUT2D eigenvalue weighted by atomic mass is 10.1. The molecule has 1 aromatic heterocycles. The first kappa shape index (κ1) is 9.85. The third-order valence-corrected chi connectivity index (χ3v) is 3.29. The number of imidazole rings is 1. The molecule has 3 heteroatoms. The number of aromatic nitrogens is 2. The number of aromatic amines is 1. The average Bonchev–Trinajstić information content (AvgIpc) is 2.86. The largest absolute Gasteiger partial charge is 0.342 e. The summed E-state index contributed by atoms with van der Waals surface area (Å²) in [5.41, 5.74) is 3.52. The summed E-state index contributed by atoms with van der Waals surface area (Å²) in [5, 5.41) is 3.50. The SMILES string of the molecule is Cc1ccc2nc(CC3CCCN3)[nH]c2c1. The number of nitrogens with zero attached hydrogens (tertiary/aromatic N) is 1. The van der Waals surface area contributed by atoms with Gasteiger partial charge in [0.1, 0.15) is 5.82 Å². The maximum atomic E-state index is 4.62. The van der Waals surface area contributed by atoms with E-state index in [1.165, 1.54) is 18.4 Å². The molecule has 16 heavy (non-hydrogen) atoms. The quantitative estimate of drug-likeness (QED) is 0.806. The van der Waals surface area contributed by atoms with Gasteiger partial charge in [-0.15, -0.1) is 0 Å². The molecule has 1 aliphatic rings. The minimum absolute atomic E-state index is 0.613. The van der Waals surface area contributed by atoms with E-state index in [0.29, 0.717) is 6.04 Å². The van der Waals surface area contributed by atoms with E-state index in [1.54, 1.807) is 0 Å². The van der Waals surface area contributed by atoms with Crippen LogP contribution in [0.5, 0.6) is 0 Å². The van der Waals surface area contributed by atoms with Crippen LogP contribution >= 0.6 is 0 Å². The molecule has 0 bridgehead atoms. The van der Waals surface area contributed by atoms with Crippen LogP contribution in [0.4, 0.5) is 0 Å². The van der Waals surface area contributed by atoms with Crippen LogP contribution < -0.4 is 5.32 Å². The van der Waals surface area contributed by atoms with Crippen molar-refractivity contribution in [1.82, 2.24) is 15.3 Å². The Labute approximate surface area is 95.3 Å². The summed E-state index contributed by atoms with van der Waals surface area (Å²) in [6, 6.07) is 6.98. The van der Waals surface area contributed by atoms with E-state index in [0.717, 1.165) is 29.8 Å². The smallest absolute Gasteiger partial charge is 0.108 e. The second kappa shape index (κ2) is 3.91. The Bertz CT molecular complexity index is 495. The van der Waals surface area contributed by atoms with E-state index in [1.807, 2.05) is 0 Å². The minimum atomic E-state index is 0.613. The monoisotopic (exact) mass is 215 g/mol. The summed E-state index contributed by atoms with van der Waals surface area (Å²) in [4.78, 5) is 8.03. The van der Waals surface area contributed by atoms with Crippen LogP contribution in [0.1, 0.15) is 24.2 Å². The molecule has 84 valence electrons. The van der Waals surface area contributed by atoms with Crippen molar-refractivity contribution in [2.75, 3.05) is 6.54 Å². The fourth-order valence-corrected chi connectivity index (χ4v) is 2.44. The van der Waals surface area contributed by atoms with Crippen molar-refractivity contribution in [3.05, 3.63) is 29.6 Å². The predicted octanol–water partition coefficient (Wildman–Crippen LogP) is 2.17. The zero-order valence-electron chi connectivity index (χ0n) is 9.59. The molecule has 1 fully saturated rings. The molecule has 3 rings (SSSR count). The van der Waals surface area contributed by atoms with E-state index < -0.39 is 0 Å². The zero-order valence-corrected chi connectivity index (χ0v) is 9.59. The highest BCUT2D eigenvalue weighted by Crippen LogP contribution is 2.16. The van der Waals surface area contributed by atoms with Crippen LogP contribution in [-0.2, 0) is 6.42 Å². The van der Waals surface area contributed by atoms with E-state index in [-0.39, 0.29) is 0 Å². The normalized spacial score (nSPS) is 20.7. The molecule has 1 aromatic carbocycles. The molecule has 2 aromatic rings. The molecule has 1 aliphatic heterocycles. The third kappa shape index (κ3) is 1.83. The summed E-state index contributed by atoms with van der Waals surface area (Å²) in [7, 11) is 0. The molecule has 1 atom stereocenters. The molecule has 3 nitrogen and oxygen atoms in total. The van der Waals surface area contributed by atoms with E-state index in [4.69, 9.17) is 0 Å². The van der Waals surface area contributed by atoms with Gasteiger partial charge >= 0.3 is 0 Å². The van der Waals surface area contributed by atoms with E-state index >= 15 is 0 Å². The van der Waals surface area contributed by atoms with E-state index in [9.17, 15) is 0 Å². The first-order valence-electron chi connectivity index (χ1n) is 6.00. The van der Waals surface area contributed by atoms with Crippen molar-refractivity contribution in [2.45, 2.75) is 32.2 Å². The minimum Gasteiger partial charge on any atom is -0.342 e. The number of H-pyrrole nitrogens is 1. The summed E-state index contributed by atoms with van der Waals surface area (Å²) < 4.78 is 0. The van der Waals surface area contributed by atoms with Gasteiger partial charge in [-0.3, -0.25) is 0 Å². The van der Waals surface area contributed by atoms with Crippen molar-refractivity contribution in [2.24, 2.45) is 0 Å². The first-order chi connectivity index (χ1) is 7.81. The van der Waals surface area contributed by atoms with Gasteiger partial charge in [0.25, 0.3) is 0 Å². The molecule has 0 amide bonds.